The lowest BCUT2D eigenvalue weighted by atomic mass is 10.1. The predicted molar refractivity (Wildman–Crippen MR) is 86.3 cm³/mol. The normalized spacial score (nSPS) is 10.3. The van der Waals surface area contributed by atoms with Crippen molar-refractivity contribution >= 4 is 11.8 Å². The molecule has 0 spiro atoms. The Morgan fingerprint density at radius 1 is 1.14 bits per heavy atom. The van der Waals surface area contributed by atoms with Crippen molar-refractivity contribution in [3.8, 4) is 5.75 Å². The Hall–Kier alpha value is -2.30. The lowest BCUT2D eigenvalue weighted by Gasteiger charge is -2.13. The van der Waals surface area contributed by atoms with Crippen LogP contribution in [0.5, 0.6) is 5.75 Å². The molecule has 0 aliphatic heterocycles. The van der Waals surface area contributed by atoms with E-state index in [2.05, 4.69) is 27.4 Å². The highest BCUT2D eigenvalue weighted by atomic mass is 16.5. The van der Waals surface area contributed by atoms with E-state index < -0.39 is 0 Å². The van der Waals surface area contributed by atoms with Crippen LogP contribution in [0.4, 0.5) is 11.8 Å². The Kier molecular flexibility index (Phi) is 4.98. The summed E-state index contributed by atoms with van der Waals surface area (Å²) < 4.78 is 5.15. The average Bonchev–Trinajstić information content (AvgIpc) is 2.47. The van der Waals surface area contributed by atoms with Crippen molar-refractivity contribution in [3.63, 3.8) is 0 Å². The molecule has 0 aliphatic rings. The minimum absolute atomic E-state index is 0.673. The zero-order chi connectivity index (χ0) is 15.2. The third kappa shape index (κ3) is 4.34. The Morgan fingerprint density at radius 2 is 1.86 bits per heavy atom. The number of nitrogens with one attached hydrogen (secondary N) is 1. The third-order valence-electron chi connectivity index (χ3n) is 3.15. The van der Waals surface area contributed by atoms with Gasteiger partial charge in [-0.15, -0.1) is 0 Å². The van der Waals surface area contributed by atoms with Crippen LogP contribution >= 0.6 is 0 Å². The molecule has 2 aromatic rings. The van der Waals surface area contributed by atoms with Crippen LogP contribution in [0.15, 0.2) is 30.3 Å². The van der Waals surface area contributed by atoms with Crippen molar-refractivity contribution < 1.29 is 4.74 Å². The molecule has 0 atom stereocenters. The molecule has 0 bridgehead atoms. The molecule has 0 aliphatic carbocycles. The molecule has 1 aromatic carbocycles. The van der Waals surface area contributed by atoms with Crippen LogP contribution in [-0.2, 0) is 6.42 Å². The molecule has 0 fully saturated rings. The van der Waals surface area contributed by atoms with Crippen molar-refractivity contribution in [1.82, 2.24) is 9.97 Å². The first-order valence-electron chi connectivity index (χ1n) is 6.98. The maximum absolute atomic E-state index is 5.15. The van der Waals surface area contributed by atoms with Crippen LogP contribution < -0.4 is 15.0 Å². The summed E-state index contributed by atoms with van der Waals surface area (Å²) in [5.74, 6) is 2.46. The van der Waals surface area contributed by atoms with Gasteiger partial charge in [-0.3, -0.25) is 0 Å². The fourth-order valence-electron chi connectivity index (χ4n) is 1.97. The molecule has 1 aromatic heterocycles. The summed E-state index contributed by atoms with van der Waals surface area (Å²) in [7, 11) is 5.62. The van der Waals surface area contributed by atoms with Crippen LogP contribution in [0, 0.1) is 6.92 Å². The van der Waals surface area contributed by atoms with Gasteiger partial charge in [-0.2, -0.15) is 4.98 Å². The van der Waals surface area contributed by atoms with Crippen molar-refractivity contribution in [1.29, 1.82) is 0 Å². The molecular formula is C16H22N4O. The van der Waals surface area contributed by atoms with Gasteiger partial charge in [-0.1, -0.05) is 12.1 Å². The van der Waals surface area contributed by atoms with E-state index in [4.69, 9.17) is 4.74 Å². The van der Waals surface area contributed by atoms with Gasteiger partial charge in [-0.25, -0.2) is 4.98 Å². The van der Waals surface area contributed by atoms with Gasteiger partial charge < -0.3 is 15.0 Å². The second kappa shape index (κ2) is 6.92. The molecule has 21 heavy (non-hydrogen) atoms. The average molecular weight is 286 g/mol. The largest absolute Gasteiger partial charge is 0.497 e. The number of aryl methyl sites for hydroxylation is 1. The maximum Gasteiger partial charge on any atom is 0.224 e. The molecule has 2 rings (SSSR count). The van der Waals surface area contributed by atoms with Crippen molar-refractivity contribution in [2.75, 3.05) is 38.0 Å². The Bertz CT molecular complexity index is 581. The van der Waals surface area contributed by atoms with Gasteiger partial charge >= 0.3 is 0 Å². The van der Waals surface area contributed by atoms with E-state index in [0.29, 0.717) is 5.95 Å². The lowest BCUT2D eigenvalue weighted by Crippen LogP contribution is -2.14. The Balaban J connectivity index is 1.93. The zero-order valence-corrected chi connectivity index (χ0v) is 13.1. The first-order chi connectivity index (χ1) is 10.1. The van der Waals surface area contributed by atoms with Crippen molar-refractivity contribution in [2.45, 2.75) is 13.3 Å². The molecule has 0 unspecified atom stereocenters. The predicted octanol–water partition coefficient (Wildman–Crippen LogP) is 2.51. The van der Waals surface area contributed by atoms with Crippen LogP contribution in [0.25, 0.3) is 0 Å². The molecule has 0 radical (unpaired) electrons. The molecule has 1 heterocycles. The number of aromatic nitrogens is 2. The minimum Gasteiger partial charge on any atom is -0.497 e. The second-order valence-corrected chi connectivity index (χ2v) is 5.11. The summed E-state index contributed by atoms with van der Waals surface area (Å²) in [5, 5.41) is 3.28. The van der Waals surface area contributed by atoms with Gasteiger partial charge in [0.1, 0.15) is 11.6 Å². The smallest absolute Gasteiger partial charge is 0.224 e. The maximum atomic E-state index is 5.15. The van der Waals surface area contributed by atoms with Gasteiger partial charge in [-0.05, 0) is 31.0 Å². The molecular weight excluding hydrogens is 264 g/mol. The Labute approximate surface area is 126 Å². The molecule has 5 nitrogen and oxygen atoms in total. The van der Waals surface area contributed by atoms with Crippen LogP contribution in [0.3, 0.4) is 0 Å². The molecule has 5 heteroatoms. The number of anilines is 2. The first kappa shape index (κ1) is 15.1. The van der Waals surface area contributed by atoms with Gasteiger partial charge in [0.05, 0.1) is 7.11 Å². The molecule has 0 amide bonds. The highest BCUT2D eigenvalue weighted by Gasteiger charge is 2.03. The number of ether oxygens (including phenoxy) is 1. The molecule has 0 saturated heterocycles. The summed E-state index contributed by atoms with van der Waals surface area (Å²) in [4.78, 5) is 10.9. The number of benzene rings is 1. The first-order valence-corrected chi connectivity index (χ1v) is 6.98. The lowest BCUT2D eigenvalue weighted by molar-refractivity contribution is 0.414. The van der Waals surface area contributed by atoms with E-state index in [1.165, 1.54) is 5.56 Å². The minimum atomic E-state index is 0.673. The summed E-state index contributed by atoms with van der Waals surface area (Å²) in [5.41, 5.74) is 2.21. The molecule has 1 N–H and O–H groups in total. The number of nitrogens with zero attached hydrogens (tertiary/aromatic N) is 3. The van der Waals surface area contributed by atoms with E-state index in [1.807, 2.05) is 44.1 Å². The van der Waals surface area contributed by atoms with E-state index >= 15 is 0 Å². The third-order valence-corrected chi connectivity index (χ3v) is 3.15. The highest BCUT2D eigenvalue weighted by molar-refractivity contribution is 5.43. The van der Waals surface area contributed by atoms with E-state index in [0.717, 1.165) is 30.2 Å². The molecule has 112 valence electrons. The topological polar surface area (TPSA) is 50.3 Å². The zero-order valence-electron chi connectivity index (χ0n) is 13.1. The van der Waals surface area contributed by atoms with Crippen LogP contribution in [0.1, 0.15) is 11.3 Å². The molecule has 0 saturated carbocycles. The van der Waals surface area contributed by atoms with Crippen LogP contribution in [-0.4, -0.2) is 37.7 Å². The van der Waals surface area contributed by atoms with Gasteiger partial charge in [0, 0.05) is 32.4 Å². The van der Waals surface area contributed by atoms with E-state index in [9.17, 15) is 0 Å². The number of rotatable bonds is 6. The van der Waals surface area contributed by atoms with Crippen molar-refractivity contribution in [3.05, 3.63) is 41.6 Å². The SMILES string of the molecule is COc1ccc(CCNc2nc(C)cc(N(C)C)n2)cc1. The number of hydrogen-bond acceptors (Lipinski definition) is 5. The Morgan fingerprint density at radius 3 is 2.48 bits per heavy atom. The fourth-order valence-corrected chi connectivity index (χ4v) is 1.97. The second-order valence-electron chi connectivity index (χ2n) is 5.11. The van der Waals surface area contributed by atoms with E-state index in [1.54, 1.807) is 7.11 Å². The van der Waals surface area contributed by atoms with Crippen LogP contribution in [0.2, 0.25) is 0 Å². The fraction of sp³-hybridized carbons (Fsp3) is 0.375. The van der Waals surface area contributed by atoms with Gasteiger partial charge in [0.2, 0.25) is 5.95 Å². The monoisotopic (exact) mass is 286 g/mol. The summed E-state index contributed by atoms with van der Waals surface area (Å²) >= 11 is 0. The van der Waals surface area contributed by atoms with E-state index in [-0.39, 0.29) is 0 Å². The number of hydrogen-bond donors (Lipinski definition) is 1. The van der Waals surface area contributed by atoms with Crippen molar-refractivity contribution in [2.24, 2.45) is 0 Å². The van der Waals surface area contributed by atoms with Gasteiger partial charge in [0.15, 0.2) is 0 Å². The number of methoxy groups -OCH3 is 1. The summed E-state index contributed by atoms with van der Waals surface area (Å²) in [6.45, 7) is 2.77. The standard InChI is InChI=1S/C16H22N4O/c1-12-11-15(20(2)3)19-16(18-12)17-10-9-13-5-7-14(21-4)8-6-13/h5-8,11H,9-10H2,1-4H3,(H,17,18,19). The quantitative estimate of drug-likeness (QED) is 0.884. The summed E-state index contributed by atoms with van der Waals surface area (Å²) in [6, 6.07) is 10.1. The highest BCUT2D eigenvalue weighted by Crippen LogP contribution is 2.13. The summed E-state index contributed by atoms with van der Waals surface area (Å²) in [6.07, 6.45) is 0.915. The van der Waals surface area contributed by atoms with Gasteiger partial charge in [0.25, 0.3) is 0 Å².